The molecule has 4 atom stereocenters. The molecule has 1 aliphatic carbocycles. The van der Waals surface area contributed by atoms with Crippen molar-refractivity contribution in [2.24, 2.45) is 5.92 Å². The summed E-state index contributed by atoms with van der Waals surface area (Å²) in [5, 5.41) is 4.34. The molecule has 0 aromatic heterocycles. The van der Waals surface area contributed by atoms with Crippen molar-refractivity contribution in [2.75, 3.05) is 6.54 Å². The van der Waals surface area contributed by atoms with Gasteiger partial charge >= 0.3 is 0 Å². The summed E-state index contributed by atoms with van der Waals surface area (Å²) in [5.41, 5.74) is 0. The Balaban J connectivity index is 2.18. The smallest absolute Gasteiger partial charge is 0.0591 e. The number of benzene rings is 1. The molecule has 21 heavy (non-hydrogen) atoms. The van der Waals surface area contributed by atoms with Gasteiger partial charge in [0.25, 0.3) is 0 Å². The van der Waals surface area contributed by atoms with E-state index in [4.69, 9.17) is 11.6 Å². The summed E-state index contributed by atoms with van der Waals surface area (Å²) >= 11 is 6.25. The van der Waals surface area contributed by atoms with E-state index in [0.717, 1.165) is 24.3 Å². The largest absolute Gasteiger partial charge is 0.313 e. The third kappa shape index (κ3) is 4.30. The van der Waals surface area contributed by atoms with Crippen molar-refractivity contribution in [2.45, 2.75) is 62.1 Å². The lowest BCUT2D eigenvalue weighted by molar-refractivity contribution is 0.286. The molecular weight excluding hydrogens is 302 g/mol. The van der Waals surface area contributed by atoms with Crippen LogP contribution in [0.5, 0.6) is 0 Å². The molecule has 1 aromatic rings. The minimum absolute atomic E-state index is 0.176. The monoisotopic (exact) mass is 327 g/mol. The van der Waals surface area contributed by atoms with Crippen molar-refractivity contribution in [1.82, 2.24) is 5.32 Å². The molecule has 0 saturated heterocycles. The van der Waals surface area contributed by atoms with Crippen LogP contribution in [0.15, 0.2) is 29.2 Å². The van der Waals surface area contributed by atoms with Crippen molar-refractivity contribution >= 4 is 22.4 Å². The molecule has 0 bridgehead atoms. The predicted octanol–water partition coefficient (Wildman–Crippen LogP) is 4.39. The molecule has 0 heterocycles. The van der Waals surface area contributed by atoms with Crippen LogP contribution in [0, 0.1) is 5.92 Å². The Morgan fingerprint density at radius 1 is 1.29 bits per heavy atom. The van der Waals surface area contributed by atoms with Gasteiger partial charge in [0, 0.05) is 6.04 Å². The highest BCUT2D eigenvalue weighted by Gasteiger charge is 2.34. The zero-order valence-corrected chi connectivity index (χ0v) is 14.6. The summed E-state index contributed by atoms with van der Waals surface area (Å²) in [4.78, 5) is 0.796. The fourth-order valence-electron chi connectivity index (χ4n) is 3.39. The minimum Gasteiger partial charge on any atom is -0.313 e. The molecular formula is C17H26ClNOS. The number of hydrogen-bond acceptors (Lipinski definition) is 2. The molecule has 0 spiro atoms. The Hall–Kier alpha value is -0.380. The van der Waals surface area contributed by atoms with E-state index in [1.165, 1.54) is 19.3 Å². The molecule has 0 amide bonds. The van der Waals surface area contributed by atoms with E-state index in [-0.39, 0.29) is 5.25 Å². The molecule has 1 aromatic carbocycles. The molecule has 2 rings (SSSR count). The molecule has 0 aliphatic heterocycles. The average molecular weight is 328 g/mol. The highest BCUT2D eigenvalue weighted by atomic mass is 35.5. The minimum atomic E-state index is -1.03. The second-order valence-corrected chi connectivity index (χ2v) is 7.95. The maximum absolute atomic E-state index is 13.0. The number of rotatable bonds is 6. The van der Waals surface area contributed by atoms with E-state index in [2.05, 4.69) is 19.2 Å². The Morgan fingerprint density at radius 2 is 2.05 bits per heavy atom. The van der Waals surface area contributed by atoms with Crippen LogP contribution in [0.25, 0.3) is 0 Å². The van der Waals surface area contributed by atoms with E-state index in [1.54, 1.807) is 0 Å². The van der Waals surface area contributed by atoms with Gasteiger partial charge in [-0.3, -0.25) is 4.21 Å². The molecule has 1 saturated carbocycles. The summed E-state index contributed by atoms with van der Waals surface area (Å²) < 4.78 is 13.0. The van der Waals surface area contributed by atoms with Crippen LogP contribution in [0.2, 0.25) is 5.02 Å². The van der Waals surface area contributed by atoms with Crippen molar-refractivity contribution in [3.8, 4) is 0 Å². The average Bonchev–Trinajstić information content (AvgIpc) is 2.49. The topological polar surface area (TPSA) is 29.1 Å². The summed E-state index contributed by atoms with van der Waals surface area (Å²) in [6.07, 6.45) is 5.88. The van der Waals surface area contributed by atoms with Gasteiger partial charge in [-0.15, -0.1) is 0 Å². The maximum Gasteiger partial charge on any atom is 0.0591 e. The molecule has 2 nitrogen and oxygen atoms in total. The first-order valence-electron chi connectivity index (χ1n) is 8.05. The maximum atomic E-state index is 13.0. The summed E-state index contributed by atoms with van der Waals surface area (Å²) in [6, 6.07) is 7.91. The Morgan fingerprint density at radius 3 is 2.71 bits per heavy atom. The summed E-state index contributed by atoms with van der Waals surface area (Å²) in [6.45, 7) is 5.28. The summed E-state index contributed by atoms with van der Waals surface area (Å²) in [5.74, 6) is 0.710. The third-order valence-corrected chi connectivity index (χ3v) is 6.69. The zero-order valence-electron chi connectivity index (χ0n) is 13.0. The molecule has 118 valence electrons. The SMILES string of the molecule is CCCC1CCC(NCC)C(S(=O)c2ccccc2Cl)C1. The number of halogens is 1. The van der Waals surface area contributed by atoms with Gasteiger partial charge in [-0.2, -0.15) is 0 Å². The molecule has 1 aliphatic rings. The van der Waals surface area contributed by atoms with Crippen LogP contribution in [-0.2, 0) is 10.8 Å². The van der Waals surface area contributed by atoms with E-state index in [9.17, 15) is 4.21 Å². The van der Waals surface area contributed by atoms with Crippen LogP contribution < -0.4 is 5.32 Å². The molecule has 4 heteroatoms. The lowest BCUT2D eigenvalue weighted by Gasteiger charge is -2.36. The zero-order chi connectivity index (χ0) is 15.2. The Labute approximate surface area is 136 Å². The highest BCUT2D eigenvalue weighted by molar-refractivity contribution is 7.85. The fourth-order valence-corrected chi connectivity index (χ4v) is 5.53. The molecule has 1 fully saturated rings. The van der Waals surface area contributed by atoms with E-state index < -0.39 is 10.8 Å². The van der Waals surface area contributed by atoms with Gasteiger partial charge in [0.1, 0.15) is 0 Å². The van der Waals surface area contributed by atoms with Gasteiger partial charge < -0.3 is 5.32 Å². The Bertz CT molecular complexity index is 480. The first kappa shape index (κ1) is 17.0. The standard InChI is InChI=1S/C17H26ClNOS/c1-3-7-13-10-11-15(19-4-2)17(12-13)21(20)16-9-6-5-8-14(16)18/h5-6,8-9,13,15,17,19H,3-4,7,10-12H2,1-2H3. The lowest BCUT2D eigenvalue weighted by Crippen LogP contribution is -2.46. The highest BCUT2D eigenvalue weighted by Crippen LogP contribution is 2.34. The van der Waals surface area contributed by atoms with Gasteiger partial charge in [-0.25, -0.2) is 0 Å². The quantitative estimate of drug-likeness (QED) is 0.839. The molecule has 4 unspecified atom stereocenters. The Kier molecular flexibility index (Phi) is 6.72. The van der Waals surface area contributed by atoms with Gasteiger partial charge in [0.2, 0.25) is 0 Å². The molecule has 1 N–H and O–H groups in total. The van der Waals surface area contributed by atoms with Crippen LogP contribution in [0.1, 0.15) is 46.0 Å². The van der Waals surface area contributed by atoms with Crippen LogP contribution in [-0.4, -0.2) is 22.0 Å². The first-order valence-corrected chi connectivity index (χ1v) is 9.64. The third-order valence-electron chi connectivity index (χ3n) is 4.39. The summed E-state index contributed by atoms with van der Waals surface area (Å²) in [7, 11) is -1.03. The van der Waals surface area contributed by atoms with E-state index >= 15 is 0 Å². The van der Waals surface area contributed by atoms with Gasteiger partial charge in [-0.05, 0) is 43.9 Å². The lowest BCUT2D eigenvalue weighted by atomic mass is 9.83. The van der Waals surface area contributed by atoms with Crippen molar-refractivity contribution in [3.63, 3.8) is 0 Å². The van der Waals surface area contributed by atoms with Gasteiger partial charge in [-0.1, -0.05) is 50.4 Å². The van der Waals surface area contributed by atoms with E-state index in [0.29, 0.717) is 17.0 Å². The molecule has 0 radical (unpaired) electrons. The van der Waals surface area contributed by atoms with Crippen LogP contribution in [0.4, 0.5) is 0 Å². The number of nitrogens with one attached hydrogen (secondary N) is 1. The van der Waals surface area contributed by atoms with Gasteiger partial charge in [0.05, 0.1) is 26.0 Å². The van der Waals surface area contributed by atoms with Crippen molar-refractivity contribution < 1.29 is 4.21 Å². The predicted molar refractivity (Wildman–Crippen MR) is 91.4 cm³/mol. The number of hydrogen-bond donors (Lipinski definition) is 1. The second kappa shape index (κ2) is 8.30. The second-order valence-electron chi connectivity index (χ2n) is 5.90. The first-order chi connectivity index (χ1) is 10.2. The van der Waals surface area contributed by atoms with E-state index in [1.807, 2.05) is 24.3 Å². The van der Waals surface area contributed by atoms with Crippen molar-refractivity contribution in [1.29, 1.82) is 0 Å². The van der Waals surface area contributed by atoms with Crippen LogP contribution in [0.3, 0.4) is 0 Å². The van der Waals surface area contributed by atoms with Gasteiger partial charge in [0.15, 0.2) is 0 Å². The normalized spacial score (nSPS) is 27.5. The van der Waals surface area contributed by atoms with Crippen molar-refractivity contribution in [3.05, 3.63) is 29.3 Å². The van der Waals surface area contributed by atoms with Crippen LogP contribution >= 0.6 is 11.6 Å². The fraction of sp³-hybridized carbons (Fsp3) is 0.647.